The zero-order valence-corrected chi connectivity index (χ0v) is 29.2. The van der Waals surface area contributed by atoms with E-state index in [0.29, 0.717) is 36.0 Å². The minimum absolute atomic E-state index is 0.0317. The molecule has 2 fully saturated rings. The molecule has 0 unspecified atom stereocenters. The van der Waals surface area contributed by atoms with E-state index in [1.54, 1.807) is 31.4 Å². The number of carbonyl (C=O) groups excluding carboxylic acids is 1. The Morgan fingerprint density at radius 1 is 1.11 bits per heavy atom. The molecule has 2 saturated heterocycles. The summed E-state index contributed by atoms with van der Waals surface area (Å²) in [6, 6.07) is 11.5. The number of benzene rings is 2. The number of hydrogen-bond donors (Lipinski definition) is 3. The monoisotopic (exact) mass is 690 g/mol. The fraction of sp³-hybridized carbons (Fsp3) is 0.576. The van der Waals surface area contributed by atoms with Gasteiger partial charge < -0.3 is 34.7 Å². The first-order chi connectivity index (χ1) is 22.4. The Morgan fingerprint density at radius 3 is 2.60 bits per heavy atom. The maximum absolute atomic E-state index is 14.1. The van der Waals surface area contributed by atoms with Gasteiger partial charge in [-0.1, -0.05) is 37.3 Å². The molecule has 2 aliphatic heterocycles. The molecule has 12 nitrogen and oxygen atoms in total. The Morgan fingerprint density at radius 2 is 1.87 bits per heavy atom. The molecule has 0 saturated carbocycles. The van der Waals surface area contributed by atoms with Gasteiger partial charge in [-0.25, -0.2) is 18.2 Å². The molecule has 14 heteroatoms. The van der Waals surface area contributed by atoms with Crippen LogP contribution in [0.25, 0.3) is 10.2 Å². The van der Waals surface area contributed by atoms with E-state index in [4.69, 9.17) is 18.9 Å². The van der Waals surface area contributed by atoms with Gasteiger partial charge in [0.15, 0.2) is 11.4 Å². The number of nitrogens with zero attached hydrogens (tertiary/aromatic N) is 2. The SMILES string of the molecule is COc1cccc(C[C@H](NC(=O)O[C@H]2CCO[C@H]3OCC[C@H]32)[C@H](O)CN(CC(C)C)S(=O)(=O)c2ccc3nc(NC(C)C)sc3c2)c1. The van der Waals surface area contributed by atoms with Gasteiger partial charge in [0.05, 0.1) is 47.6 Å². The van der Waals surface area contributed by atoms with Gasteiger partial charge in [0.1, 0.15) is 11.9 Å². The minimum atomic E-state index is -4.03. The van der Waals surface area contributed by atoms with E-state index in [-0.39, 0.29) is 48.4 Å². The van der Waals surface area contributed by atoms with Crippen molar-refractivity contribution in [1.29, 1.82) is 0 Å². The van der Waals surface area contributed by atoms with Crippen LogP contribution in [0.1, 0.15) is 46.1 Å². The number of aliphatic hydroxyl groups is 1. The molecule has 2 aliphatic rings. The molecular formula is C33H46N4O8S2. The smallest absolute Gasteiger partial charge is 0.407 e. The van der Waals surface area contributed by atoms with E-state index in [2.05, 4.69) is 15.6 Å². The third-order valence-electron chi connectivity index (χ3n) is 8.23. The highest BCUT2D eigenvalue weighted by Gasteiger charge is 2.41. The van der Waals surface area contributed by atoms with Crippen LogP contribution in [0.4, 0.5) is 9.93 Å². The summed E-state index contributed by atoms with van der Waals surface area (Å²) in [4.78, 5) is 18.0. The Bertz CT molecular complexity index is 1610. The van der Waals surface area contributed by atoms with Gasteiger partial charge in [0, 0.05) is 31.5 Å². The van der Waals surface area contributed by atoms with Gasteiger partial charge in [-0.15, -0.1) is 0 Å². The lowest BCUT2D eigenvalue weighted by Crippen LogP contribution is -2.52. The first kappa shape index (κ1) is 35.3. The van der Waals surface area contributed by atoms with Crippen molar-refractivity contribution < 1.29 is 37.3 Å². The second-order valence-corrected chi connectivity index (χ2v) is 15.8. The van der Waals surface area contributed by atoms with E-state index in [1.807, 2.05) is 45.9 Å². The van der Waals surface area contributed by atoms with Gasteiger partial charge in [0.25, 0.3) is 0 Å². The van der Waals surface area contributed by atoms with Crippen molar-refractivity contribution in [3.8, 4) is 5.75 Å². The summed E-state index contributed by atoms with van der Waals surface area (Å²) in [7, 11) is -2.47. The second-order valence-electron chi connectivity index (χ2n) is 12.8. The highest BCUT2D eigenvalue weighted by molar-refractivity contribution is 7.89. The van der Waals surface area contributed by atoms with Crippen LogP contribution in [0, 0.1) is 11.8 Å². The molecule has 3 N–H and O–H groups in total. The molecule has 0 bridgehead atoms. The van der Waals surface area contributed by atoms with Crippen molar-refractivity contribution >= 4 is 42.8 Å². The van der Waals surface area contributed by atoms with Crippen molar-refractivity contribution in [1.82, 2.24) is 14.6 Å². The molecule has 0 aliphatic carbocycles. The van der Waals surface area contributed by atoms with E-state index in [9.17, 15) is 18.3 Å². The van der Waals surface area contributed by atoms with E-state index in [0.717, 1.165) is 16.7 Å². The minimum Gasteiger partial charge on any atom is -0.497 e. The maximum atomic E-state index is 14.1. The normalized spacial score (nSPS) is 21.2. The van der Waals surface area contributed by atoms with Gasteiger partial charge in [-0.05, 0) is 68.5 Å². The third-order valence-corrected chi connectivity index (χ3v) is 11.0. The van der Waals surface area contributed by atoms with Gasteiger partial charge in [0.2, 0.25) is 10.0 Å². The number of aliphatic hydroxyl groups excluding tert-OH is 1. The van der Waals surface area contributed by atoms with Crippen molar-refractivity contribution in [2.24, 2.45) is 11.8 Å². The van der Waals surface area contributed by atoms with Gasteiger partial charge in [-0.3, -0.25) is 0 Å². The number of amides is 1. The molecule has 3 aromatic rings. The van der Waals surface area contributed by atoms with Crippen LogP contribution in [-0.4, -0.2) is 92.9 Å². The van der Waals surface area contributed by atoms with E-state index < -0.39 is 34.6 Å². The first-order valence-corrected chi connectivity index (χ1v) is 18.4. The van der Waals surface area contributed by atoms with Crippen molar-refractivity contribution in [2.75, 3.05) is 38.7 Å². The quantitative estimate of drug-likeness (QED) is 0.219. The number of hydrogen-bond acceptors (Lipinski definition) is 11. The topological polar surface area (TPSA) is 149 Å². The number of anilines is 1. The average molecular weight is 691 g/mol. The van der Waals surface area contributed by atoms with Crippen LogP contribution in [-0.2, 0) is 30.7 Å². The van der Waals surface area contributed by atoms with E-state index in [1.165, 1.54) is 15.6 Å². The van der Waals surface area contributed by atoms with E-state index >= 15 is 0 Å². The highest BCUT2D eigenvalue weighted by atomic mass is 32.2. The number of methoxy groups -OCH3 is 1. The molecule has 5 rings (SSSR count). The van der Waals surface area contributed by atoms with Gasteiger partial charge in [-0.2, -0.15) is 4.31 Å². The molecule has 1 aromatic heterocycles. The Kier molecular flexibility index (Phi) is 11.6. The van der Waals surface area contributed by atoms with Crippen LogP contribution >= 0.6 is 11.3 Å². The number of sulfonamides is 1. The Balaban J connectivity index is 1.37. The number of fused-ring (bicyclic) bond motifs is 2. The lowest BCUT2D eigenvalue weighted by atomic mass is 9.95. The lowest BCUT2D eigenvalue weighted by molar-refractivity contribution is -0.179. The number of rotatable bonds is 14. The Labute approximate surface area is 280 Å². The summed E-state index contributed by atoms with van der Waals surface area (Å²) in [6.45, 7) is 8.74. The molecule has 3 heterocycles. The first-order valence-electron chi connectivity index (χ1n) is 16.1. The fourth-order valence-corrected chi connectivity index (χ4v) is 8.74. The number of thiazole rings is 1. The number of nitrogens with one attached hydrogen (secondary N) is 2. The van der Waals surface area contributed by atoms with Crippen LogP contribution in [0.5, 0.6) is 5.75 Å². The molecule has 0 radical (unpaired) electrons. The van der Waals surface area contributed by atoms with Crippen LogP contribution in [0.3, 0.4) is 0 Å². The summed E-state index contributed by atoms with van der Waals surface area (Å²) in [6.07, 6.45) is -1.25. The summed E-state index contributed by atoms with van der Waals surface area (Å²) in [5.74, 6) is 0.536. The van der Waals surface area contributed by atoms with Crippen molar-refractivity contribution in [2.45, 2.75) is 82.4 Å². The number of ether oxygens (including phenoxy) is 4. The molecule has 5 atom stereocenters. The highest BCUT2D eigenvalue weighted by Crippen LogP contribution is 2.33. The van der Waals surface area contributed by atoms with Gasteiger partial charge >= 0.3 is 6.09 Å². The van der Waals surface area contributed by atoms with Crippen LogP contribution < -0.4 is 15.4 Å². The predicted octanol–water partition coefficient (Wildman–Crippen LogP) is 4.62. The molecule has 2 aromatic carbocycles. The van der Waals surface area contributed by atoms with Crippen molar-refractivity contribution in [3.05, 3.63) is 48.0 Å². The van der Waals surface area contributed by atoms with Crippen LogP contribution in [0.2, 0.25) is 0 Å². The number of alkyl carbamates (subject to hydrolysis) is 1. The summed E-state index contributed by atoms with van der Waals surface area (Å²) in [5, 5.41) is 18.5. The third kappa shape index (κ3) is 8.92. The summed E-state index contributed by atoms with van der Waals surface area (Å²) < 4.78 is 52.8. The number of carbonyl (C=O) groups is 1. The largest absolute Gasteiger partial charge is 0.497 e. The Hall–Kier alpha value is -3.01. The molecule has 47 heavy (non-hydrogen) atoms. The van der Waals surface area contributed by atoms with Crippen LogP contribution in [0.15, 0.2) is 47.4 Å². The predicted molar refractivity (Wildman–Crippen MR) is 180 cm³/mol. The zero-order valence-electron chi connectivity index (χ0n) is 27.5. The second kappa shape index (κ2) is 15.5. The average Bonchev–Trinajstić information content (AvgIpc) is 3.66. The maximum Gasteiger partial charge on any atom is 0.407 e. The molecule has 1 amide bonds. The summed E-state index contributed by atoms with van der Waals surface area (Å²) >= 11 is 1.39. The summed E-state index contributed by atoms with van der Waals surface area (Å²) in [5.41, 5.74) is 1.50. The lowest BCUT2D eigenvalue weighted by Gasteiger charge is -2.33. The molecule has 258 valence electrons. The van der Waals surface area contributed by atoms with Crippen molar-refractivity contribution in [3.63, 3.8) is 0 Å². The number of aromatic nitrogens is 1. The zero-order chi connectivity index (χ0) is 33.7. The standard InChI is InChI=1S/C33H46N4O8S2/c1-20(2)18-37(47(40,41)24-9-10-26-30(17-24)46-32(35-26)34-21(3)4)19-28(38)27(16-22-7-6-8-23(15-22)42-5)36-33(39)45-29-12-14-44-31-25(29)11-13-43-31/h6-10,15,17,20-21,25,27-29,31,38H,11-14,16,18-19H2,1-5H3,(H,34,35)(H,36,39)/t25-,27-,28+,29-,31+/m0/s1. The fourth-order valence-electron chi connectivity index (χ4n) is 5.97. The molecular weight excluding hydrogens is 645 g/mol. The molecule has 0 spiro atoms.